The average Bonchev–Trinajstić information content (AvgIpc) is 2.84. The Morgan fingerprint density at radius 3 is 2.68 bits per heavy atom. The summed E-state index contributed by atoms with van der Waals surface area (Å²) in [5.41, 5.74) is 0.508. The van der Waals surface area contributed by atoms with Gasteiger partial charge in [-0.15, -0.1) is 0 Å². The molecule has 1 aliphatic heterocycles. The highest BCUT2D eigenvalue weighted by molar-refractivity contribution is 7.09. The van der Waals surface area contributed by atoms with Gasteiger partial charge in [0.2, 0.25) is 0 Å². The van der Waals surface area contributed by atoms with Gasteiger partial charge in [0.1, 0.15) is 11.6 Å². The van der Waals surface area contributed by atoms with Crippen LogP contribution in [0.4, 0.5) is 8.78 Å². The molecule has 1 aromatic heterocycles. The highest BCUT2D eigenvalue weighted by Crippen LogP contribution is 2.27. The lowest BCUT2D eigenvalue weighted by Gasteiger charge is -2.32. The molecule has 1 aromatic carbocycles. The van der Waals surface area contributed by atoms with Crippen LogP contribution in [-0.2, 0) is 6.54 Å². The first kappa shape index (κ1) is 15.3. The minimum atomic E-state index is -0.532. The van der Waals surface area contributed by atoms with E-state index in [1.54, 1.807) is 0 Å². The molecule has 2 aromatic rings. The van der Waals surface area contributed by atoms with Crippen molar-refractivity contribution in [3.63, 3.8) is 0 Å². The SMILES string of the molecule is CN1CCN(Cc2sc(=O)[nH]c2-c2cc(F)ccc2F)CC1. The number of hydrogen-bond donors (Lipinski definition) is 1. The van der Waals surface area contributed by atoms with E-state index in [1.807, 2.05) is 0 Å². The molecule has 2 heterocycles. The molecule has 1 N–H and O–H groups in total. The van der Waals surface area contributed by atoms with Gasteiger partial charge in [0.15, 0.2) is 0 Å². The first-order valence-corrected chi connectivity index (χ1v) is 7.93. The molecule has 0 saturated carbocycles. The number of likely N-dealkylation sites (N-methyl/N-ethyl adjacent to an activating group) is 1. The Kier molecular flexibility index (Phi) is 4.37. The predicted molar refractivity (Wildman–Crippen MR) is 83.1 cm³/mol. The second-order valence-corrected chi connectivity index (χ2v) is 6.58. The van der Waals surface area contributed by atoms with Gasteiger partial charge < -0.3 is 9.88 Å². The maximum absolute atomic E-state index is 14.0. The summed E-state index contributed by atoms with van der Waals surface area (Å²) in [7, 11) is 2.07. The molecule has 0 bridgehead atoms. The average molecular weight is 325 g/mol. The van der Waals surface area contributed by atoms with Gasteiger partial charge in [0.05, 0.1) is 5.69 Å². The van der Waals surface area contributed by atoms with Crippen molar-refractivity contribution in [1.29, 1.82) is 0 Å². The van der Waals surface area contributed by atoms with Crippen LogP contribution < -0.4 is 4.87 Å². The maximum Gasteiger partial charge on any atom is 0.305 e. The summed E-state index contributed by atoms with van der Waals surface area (Å²) in [4.78, 5) is 19.3. The van der Waals surface area contributed by atoms with Crippen molar-refractivity contribution in [2.45, 2.75) is 6.54 Å². The van der Waals surface area contributed by atoms with Crippen molar-refractivity contribution < 1.29 is 8.78 Å². The van der Waals surface area contributed by atoms with E-state index in [9.17, 15) is 13.6 Å². The minimum absolute atomic E-state index is 0.113. The second-order valence-electron chi connectivity index (χ2n) is 5.52. The summed E-state index contributed by atoms with van der Waals surface area (Å²) < 4.78 is 27.4. The molecule has 0 amide bonds. The Balaban J connectivity index is 1.90. The van der Waals surface area contributed by atoms with Crippen molar-refractivity contribution in [1.82, 2.24) is 14.8 Å². The molecule has 0 atom stereocenters. The second kappa shape index (κ2) is 6.28. The van der Waals surface area contributed by atoms with Crippen molar-refractivity contribution in [3.05, 3.63) is 44.4 Å². The Morgan fingerprint density at radius 2 is 1.95 bits per heavy atom. The summed E-state index contributed by atoms with van der Waals surface area (Å²) in [5.74, 6) is -1.05. The number of aromatic nitrogens is 1. The van der Waals surface area contributed by atoms with Crippen molar-refractivity contribution >= 4 is 11.3 Å². The first-order chi connectivity index (χ1) is 10.5. The maximum atomic E-state index is 14.0. The summed E-state index contributed by atoms with van der Waals surface area (Å²) in [6.45, 7) is 4.29. The fraction of sp³-hybridized carbons (Fsp3) is 0.400. The summed E-state index contributed by atoms with van der Waals surface area (Å²) in [6.07, 6.45) is 0. The molecule has 1 saturated heterocycles. The van der Waals surface area contributed by atoms with E-state index in [1.165, 1.54) is 0 Å². The summed E-state index contributed by atoms with van der Waals surface area (Å²) in [6, 6.07) is 3.28. The molecule has 22 heavy (non-hydrogen) atoms. The lowest BCUT2D eigenvalue weighted by molar-refractivity contribution is 0.149. The van der Waals surface area contributed by atoms with E-state index in [0.29, 0.717) is 12.2 Å². The number of hydrogen-bond acceptors (Lipinski definition) is 4. The lowest BCUT2D eigenvalue weighted by atomic mass is 10.1. The van der Waals surface area contributed by atoms with Crippen LogP contribution in [0.15, 0.2) is 23.0 Å². The Bertz CT molecular complexity index is 720. The molecule has 0 spiro atoms. The standard InChI is InChI=1S/C15H17F2N3OS/c1-19-4-6-20(7-5-19)9-13-14(18-15(21)22-13)11-8-10(16)2-3-12(11)17/h2-3,8H,4-7,9H2,1H3,(H,18,21). The largest absolute Gasteiger partial charge is 0.312 e. The van der Waals surface area contributed by atoms with Gasteiger partial charge in [-0.1, -0.05) is 11.3 Å². The van der Waals surface area contributed by atoms with Gasteiger partial charge in [-0.05, 0) is 25.2 Å². The van der Waals surface area contributed by atoms with Gasteiger partial charge in [-0.25, -0.2) is 8.78 Å². The number of nitrogens with zero attached hydrogens (tertiary/aromatic N) is 2. The summed E-state index contributed by atoms with van der Waals surface area (Å²) in [5, 5.41) is 0. The van der Waals surface area contributed by atoms with E-state index in [2.05, 4.69) is 21.8 Å². The highest BCUT2D eigenvalue weighted by Gasteiger charge is 2.19. The molecular formula is C15H17F2N3OS. The number of benzene rings is 1. The third-order valence-electron chi connectivity index (χ3n) is 3.88. The number of aromatic amines is 1. The van der Waals surface area contributed by atoms with Crippen LogP contribution in [0, 0.1) is 11.6 Å². The molecule has 3 rings (SSSR count). The first-order valence-electron chi connectivity index (χ1n) is 7.11. The van der Waals surface area contributed by atoms with Crippen LogP contribution in [0.25, 0.3) is 11.3 Å². The third kappa shape index (κ3) is 3.26. The van der Waals surface area contributed by atoms with Crippen LogP contribution in [0.3, 0.4) is 0 Å². The number of thiazole rings is 1. The Morgan fingerprint density at radius 1 is 1.23 bits per heavy atom. The molecular weight excluding hydrogens is 308 g/mol. The molecule has 0 unspecified atom stereocenters. The van der Waals surface area contributed by atoms with E-state index < -0.39 is 11.6 Å². The number of piperazine rings is 1. The van der Waals surface area contributed by atoms with Crippen LogP contribution in [0.5, 0.6) is 0 Å². The smallest absolute Gasteiger partial charge is 0.305 e. The van der Waals surface area contributed by atoms with E-state index in [0.717, 1.165) is 60.6 Å². The van der Waals surface area contributed by atoms with Crippen LogP contribution in [-0.4, -0.2) is 48.0 Å². The number of H-pyrrole nitrogens is 1. The van der Waals surface area contributed by atoms with Gasteiger partial charge in [0.25, 0.3) is 0 Å². The zero-order valence-corrected chi connectivity index (χ0v) is 13.1. The fourth-order valence-corrected chi connectivity index (χ4v) is 3.47. The predicted octanol–water partition coefficient (Wildman–Crippen LogP) is 2.13. The number of nitrogens with one attached hydrogen (secondary N) is 1. The number of rotatable bonds is 3. The quantitative estimate of drug-likeness (QED) is 0.940. The number of halogens is 2. The van der Waals surface area contributed by atoms with Crippen LogP contribution >= 0.6 is 11.3 Å². The molecule has 0 radical (unpaired) electrons. The Hall–Kier alpha value is -1.57. The molecule has 4 nitrogen and oxygen atoms in total. The molecule has 1 fully saturated rings. The van der Waals surface area contributed by atoms with Gasteiger partial charge in [-0.2, -0.15) is 0 Å². The minimum Gasteiger partial charge on any atom is -0.312 e. The molecule has 0 aliphatic carbocycles. The normalized spacial score (nSPS) is 17.0. The lowest BCUT2D eigenvalue weighted by Crippen LogP contribution is -2.43. The zero-order valence-electron chi connectivity index (χ0n) is 12.2. The molecule has 118 valence electrons. The van der Waals surface area contributed by atoms with E-state index in [4.69, 9.17) is 0 Å². The van der Waals surface area contributed by atoms with Gasteiger partial charge in [-0.3, -0.25) is 9.69 Å². The van der Waals surface area contributed by atoms with Crippen LogP contribution in [0.1, 0.15) is 4.88 Å². The van der Waals surface area contributed by atoms with E-state index in [-0.39, 0.29) is 10.4 Å². The zero-order chi connectivity index (χ0) is 15.7. The fourth-order valence-electron chi connectivity index (χ4n) is 2.59. The van der Waals surface area contributed by atoms with Gasteiger partial charge >= 0.3 is 4.87 Å². The third-order valence-corrected chi connectivity index (χ3v) is 4.75. The van der Waals surface area contributed by atoms with Crippen LogP contribution in [0.2, 0.25) is 0 Å². The van der Waals surface area contributed by atoms with Gasteiger partial charge in [0, 0.05) is 43.2 Å². The van der Waals surface area contributed by atoms with Crippen molar-refractivity contribution in [2.24, 2.45) is 0 Å². The van der Waals surface area contributed by atoms with Crippen molar-refractivity contribution in [2.75, 3.05) is 33.2 Å². The Labute approximate surface area is 131 Å². The van der Waals surface area contributed by atoms with E-state index >= 15 is 0 Å². The molecule has 7 heteroatoms. The highest BCUT2D eigenvalue weighted by atomic mass is 32.1. The molecule has 1 aliphatic rings. The topological polar surface area (TPSA) is 39.3 Å². The van der Waals surface area contributed by atoms with Crippen molar-refractivity contribution in [3.8, 4) is 11.3 Å². The monoisotopic (exact) mass is 325 g/mol. The summed E-state index contributed by atoms with van der Waals surface area (Å²) >= 11 is 1.06.